The van der Waals surface area contributed by atoms with Crippen LogP contribution >= 0.6 is 0 Å². The molecule has 0 unspecified atom stereocenters. The van der Waals surface area contributed by atoms with Gasteiger partial charge in [0.15, 0.2) is 5.82 Å². The van der Waals surface area contributed by atoms with Gasteiger partial charge < -0.3 is 20.6 Å². The van der Waals surface area contributed by atoms with E-state index in [1.807, 2.05) is 24.0 Å². The number of aromatic nitrogens is 2. The van der Waals surface area contributed by atoms with E-state index in [0.29, 0.717) is 26.1 Å². The van der Waals surface area contributed by atoms with E-state index in [4.69, 9.17) is 15.7 Å². The van der Waals surface area contributed by atoms with Crippen LogP contribution in [0.1, 0.15) is 12.1 Å². The molecule has 1 heterocycles. The Hall–Kier alpha value is -1.89. The van der Waals surface area contributed by atoms with E-state index in [1.165, 1.54) is 0 Å². The maximum atomic E-state index is 8.52. The lowest BCUT2D eigenvalue weighted by molar-refractivity contribution is 0.205. The number of nitrogens with zero attached hydrogens (tertiary/aromatic N) is 4. The van der Waals surface area contributed by atoms with Gasteiger partial charge in [0.25, 0.3) is 0 Å². The van der Waals surface area contributed by atoms with E-state index in [0.717, 1.165) is 11.5 Å². The Bertz CT molecular complexity index is 380. The predicted molar refractivity (Wildman–Crippen MR) is 68.9 cm³/mol. The molecule has 100 valence electrons. The quantitative estimate of drug-likeness (QED) is 0.315. The second-order valence-electron chi connectivity index (χ2n) is 3.85. The number of hydrogen-bond acceptors (Lipinski definition) is 6. The van der Waals surface area contributed by atoms with Gasteiger partial charge in [-0.25, -0.2) is 0 Å². The van der Waals surface area contributed by atoms with Crippen LogP contribution in [0.2, 0.25) is 0 Å². The number of methoxy groups -OCH3 is 1. The molecule has 0 amide bonds. The van der Waals surface area contributed by atoms with Crippen molar-refractivity contribution in [3.63, 3.8) is 0 Å². The number of amidine groups is 1. The Balaban J connectivity index is 2.67. The number of rotatable bonds is 7. The maximum absolute atomic E-state index is 8.52. The summed E-state index contributed by atoms with van der Waals surface area (Å²) in [4.78, 5) is 1.98. The van der Waals surface area contributed by atoms with Crippen molar-refractivity contribution in [1.82, 2.24) is 10.2 Å². The van der Waals surface area contributed by atoms with Gasteiger partial charge >= 0.3 is 0 Å². The van der Waals surface area contributed by atoms with Crippen molar-refractivity contribution in [3.8, 4) is 0 Å². The Kier molecular flexibility index (Phi) is 5.86. The van der Waals surface area contributed by atoms with Crippen molar-refractivity contribution < 1.29 is 9.94 Å². The van der Waals surface area contributed by atoms with Gasteiger partial charge in [0.2, 0.25) is 0 Å². The van der Waals surface area contributed by atoms with E-state index in [1.54, 1.807) is 7.11 Å². The topological polar surface area (TPSA) is 96.9 Å². The Morgan fingerprint density at radius 1 is 1.44 bits per heavy atom. The summed E-state index contributed by atoms with van der Waals surface area (Å²) < 4.78 is 5.05. The van der Waals surface area contributed by atoms with E-state index in [-0.39, 0.29) is 5.84 Å². The number of nitrogens with two attached hydrogens (primary N) is 1. The first kappa shape index (κ1) is 14.2. The molecule has 0 saturated carbocycles. The first-order valence-electron chi connectivity index (χ1n) is 5.68. The van der Waals surface area contributed by atoms with Crippen LogP contribution in [-0.4, -0.2) is 48.0 Å². The summed E-state index contributed by atoms with van der Waals surface area (Å²) in [5.41, 5.74) is 6.32. The minimum absolute atomic E-state index is 0.192. The third-order valence-electron chi connectivity index (χ3n) is 2.44. The lowest BCUT2D eigenvalue weighted by atomic mass is 10.3. The van der Waals surface area contributed by atoms with Crippen LogP contribution in [0.5, 0.6) is 0 Å². The van der Waals surface area contributed by atoms with Crippen molar-refractivity contribution in [3.05, 3.63) is 17.8 Å². The first-order valence-corrected chi connectivity index (χ1v) is 5.68. The van der Waals surface area contributed by atoms with Crippen molar-refractivity contribution in [1.29, 1.82) is 0 Å². The van der Waals surface area contributed by atoms with Crippen molar-refractivity contribution >= 4 is 11.7 Å². The van der Waals surface area contributed by atoms with E-state index >= 15 is 0 Å². The highest BCUT2D eigenvalue weighted by molar-refractivity contribution is 5.80. The average molecular weight is 253 g/mol. The Morgan fingerprint density at radius 2 is 2.22 bits per heavy atom. The van der Waals surface area contributed by atoms with Crippen LogP contribution in [0.4, 0.5) is 5.82 Å². The highest BCUT2D eigenvalue weighted by atomic mass is 16.5. The van der Waals surface area contributed by atoms with Crippen LogP contribution in [-0.2, 0) is 4.74 Å². The predicted octanol–water partition coefficient (Wildman–Crippen LogP) is 0.374. The zero-order valence-electron chi connectivity index (χ0n) is 10.7. The van der Waals surface area contributed by atoms with Gasteiger partial charge in [0.05, 0.1) is 12.3 Å². The summed E-state index contributed by atoms with van der Waals surface area (Å²) >= 11 is 0. The van der Waals surface area contributed by atoms with Gasteiger partial charge in [-0.1, -0.05) is 5.16 Å². The number of ether oxygens (including phenoxy) is 1. The molecule has 0 atom stereocenters. The van der Waals surface area contributed by atoms with Crippen LogP contribution < -0.4 is 10.6 Å². The fraction of sp³-hybridized carbons (Fsp3) is 0.545. The molecule has 3 N–H and O–H groups in total. The van der Waals surface area contributed by atoms with E-state index in [9.17, 15) is 0 Å². The van der Waals surface area contributed by atoms with Crippen molar-refractivity contribution in [2.45, 2.75) is 13.3 Å². The number of oxime groups is 1. The molecule has 0 aliphatic carbocycles. The highest BCUT2D eigenvalue weighted by Gasteiger charge is 2.09. The number of anilines is 1. The summed E-state index contributed by atoms with van der Waals surface area (Å²) in [6.45, 7) is 3.72. The molecule has 0 saturated heterocycles. The summed E-state index contributed by atoms with van der Waals surface area (Å²) in [6, 6.07) is 3.79. The molecule has 1 aromatic heterocycles. The molecule has 1 aromatic rings. The molecular weight excluding hydrogens is 234 g/mol. The summed E-state index contributed by atoms with van der Waals surface area (Å²) in [6.07, 6.45) is 0.454. The van der Waals surface area contributed by atoms with Gasteiger partial charge in [-0.3, -0.25) is 0 Å². The van der Waals surface area contributed by atoms with Crippen LogP contribution in [0, 0.1) is 6.92 Å². The number of hydrogen-bond donors (Lipinski definition) is 2. The standard InChI is InChI=1S/C11H19N5O2/c1-9-3-4-11(14-13-9)16(7-8-18-2)6-5-10(12)15-17/h3-4,17H,5-8H2,1-2H3,(H2,12,15). The summed E-state index contributed by atoms with van der Waals surface area (Å²) in [5.74, 6) is 0.945. The molecule has 0 aromatic carbocycles. The second-order valence-corrected chi connectivity index (χ2v) is 3.85. The second kappa shape index (κ2) is 7.44. The van der Waals surface area contributed by atoms with Gasteiger partial charge in [0, 0.05) is 26.6 Å². The number of aryl methyl sites for hydroxylation is 1. The highest BCUT2D eigenvalue weighted by Crippen LogP contribution is 2.09. The van der Waals surface area contributed by atoms with Crippen molar-refractivity contribution in [2.75, 3.05) is 31.7 Å². The lowest BCUT2D eigenvalue weighted by Gasteiger charge is -2.22. The summed E-state index contributed by atoms with van der Waals surface area (Å²) in [5, 5.41) is 19.6. The van der Waals surface area contributed by atoms with Crippen molar-refractivity contribution in [2.24, 2.45) is 10.9 Å². The SMILES string of the molecule is COCCN(CCC(N)=NO)c1ccc(C)nn1. The normalized spacial score (nSPS) is 11.6. The Morgan fingerprint density at radius 3 is 2.78 bits per heavy atom. The molecular formula is C11H19N5O2. The van der Waals surface area contributed by atoms with Gasteiger partial charge in [-0.2, -0.15) is 5.10 Å². The zero-order chi connectivity index (χ0) is 13.4. The molecule has 0 bridgehead atoms. The smallest absolute Gasteiger partial charge is 0.151 e. The monoisotopic (exact) mass is 253 g/mol. The van der Waals surface area contributed by atoms with Gasteiger partial charge in [-0.15, -0.1) is 5.10 Å². The van der Waals surface area contributed by atoms with Crippen LogP contribution in [0.3, 0.4) is 0 Å². The third kappa shape index (κ3) is 4.54. The molecule has 0 radical (unpaired) electrons. The minimum Gasteiger partial charge on any atom is -0.409 e. The molecule has 0 aliphatic heterocycles. The summed E-state index contributed by atoms with van der Waals surface area (Å²) in [7, 11) is 1.64. The third-order valence-corrected chi connectivity index (χ3v) is 2.44. The molecule has 18 heavy (non-hydrogen) atoms. The molecule has 0 spiro atoms. The van der Waals surface area contributed by atoms with E-state index < -0.39 is 0 Å². The molecule has 0 fully saturated rings. The lowest BCUT2D eigenvalue weighted by Crippen LogP contribution is -2.32. The van der Waals surface area contributed by atoms with Crippen LogP contribution in [0.25, 0.3) is 0 Å². The molecule has 7 nitrogen and oxygen atoms in total. The minimum atomic E-state index is 0.192. The molecule has 7 heteroatoms. The zero-order valence-corrected chi connectivity index (χ0v) is 10.7. The fourth-order valence-electron chi connectivity index (χ4n) is 1.40. The maximum Gasteiger partial charge on any atom is 0.151 e. The average Bonchev–Trinajstić information content (AvgIpc) is 2.40. The molecule has 1 rings (SSSR count). The largest absolute Gasteiger partial charge is 0.409 e. The van der Waals surface area contributed by atoms with Gasteiger partial charge in [-0.05, 0) is 19.1 Å². The van der Waals surface area contributed by atoms with Crippen LogP contribution in [0.15, 0.2) is 17.3 Å². The van der Waals surface area contributed by atoms with E-state index in [2.05, 4.69) is 15.4 Å². The van der Waals surface area contributed by atoms with Gasteiger partial charge in [0.1, 0.15) is 5.84 Å². The Labute approximate surface area is 106 Å². The fourth-order valence-corrected chi connectivity index (χ4v) is 1.40. The molecule has 0 aliphatic rings. The first-order chi connectivity index (χ1) is 8.67.